The van der Waals surface area contributed by atoms with Gasteiger partial charge in [-0.15, -0.1) is 0 Å². The first-order valence-electron chi connectivity index (χ1n) is 7.06. The van der Waals surface area contributed by atoms with Gasteiger partial charge in [0, 0.05) is 0 Å². The molecule has 0 aliphatic rings. The Morgan fingerprint density at radius 2 is 1.13 bits per heavy atom. The highest BCUT2D eigenvalue weighted by molar-refractivity contribution is 4.79. The first-order valence-corrected chi connectivity index (χ1v) is 7.06. The van der Waals surface area contributed by atoms with Crippen LogP contribution in [0.25, 0.3) is 0 Å². The number of hydrogen-bond donors (Lipinski definition) is 0. The van der Waals surface area contributed by atoms with Crippen LogP contribution in [0.1, 0.15) is 84.5 Å². The Morgan fingerprint density at radius 1 is 0.600 bits per heavy atom. The summed E-state index contributed by atoms with van der Waals surface area (Å²) < 4.78 is 0. The molecule has 0 aliphatic carbocycles. The minimum Gasteiger partial charge on any atom is -0.0888 e. The van der Waals surface area contributed by atoms with Gasteiger partial charge in [0.25, 0.3) is 0 Å². The van der Waals surface area contributed by atoms with Crippen LogP contribution in [0.2, 0.25) is 0 Å². The van der Waals surface area contributed by atoms with Crippen LogP contribution in [0.4, 0.5) is 0 Å². The smallest absolute Gasteiger partial charge is 0.0351 e. The number of unbranched alkanes of at least 4 members (excludes halogenated alkanes) is 9. The van der Waals surface area contributed by atoms with E-state index in [9.17, 15) is 0 Å². The van der Waals surface area contributed by atoms with Crippen molar-refractivity contribution < 1.29 is 0 Å². The lowest BCUT2D eigenvalue weighted by molar-refractivity contribution is 0.566. The zero-order chi connectivity index (χ0) is 11.2. The van der Waals surface area contributed by atoms with Crippen molar-refractivity contribution in [2.75, 3.05) is 0 Å². The second-order valence-corrected chi connectivity index (χ2v) is 4.50. The van der Waals surface area contributed by atoms with E-state index >= 15 is 0 Å². The average molecular weight is 210 g/mol. The van der Waals surface area contributed by atoms with E-state index in [1.165, 1.54) is 70.6 Å². The van der Waals surface area contributed by atoms with Crippen LogP contribution in [0, 0.1) is 0 Å². The Morgan fingerprint density at radius 3 is 1.67 bits per heavy atom. The topological polar surface area (TPSA) is 0 Å². The number of hydrogen-bond acceptors (Lipinski definition) is 0. The Balaban J connectivity index is 2.89. The maximum atomic E-state index is 2.33. The summed E-state index contributed by atoms with van der Waals surface area (Å²) in [4.78, 5) is 0. The van der Waals surface area contributed by atoms with E-state index in [2.05, 4.69) is 26.0 Å². The Labute approximate surface area is 97.2 Å². The summed E-state index contributed by atoms with van der Waals surface area (Å²) in [5, 5.41) is 0. The van der Waals surface area contributed by atoms with Gasteiger partial charge < -0.3 is 0 Å². The molecule has 15 heavy (non-hydrogen) atoms. The van der Waals surface area contributed by atoms with Gasteiger partial charge in [0.15, 0.2) is 0 Å². The Bertz CT molecular complexity index is 124. The molecule has 0 fully saturated rings. The van der Waals surface area contributed by atoms with Crippen molar-refractivity contribution in [3.05, 3.63) is 12.2 Å². The van der Waals surface area contributed by atoms with Gasteiger partial charge in [-0.25, -0.2) is 0 Å². The molecule has 90 valence electrons. The average Bonchev–Trinajstić information content (AvgIpc) is 2.26. The third-order valence-electron chi connectivity index (χ3n) is 2.88. The predicted molar refractivity (Wildman–Crippen MR) is 71.3 cm³/mol. The van der Waals surface area contributed by atoms with Crippen LogP contribution in [-0.4, -0.2) is 0 Å². The molecule has 0 aromatic heterocycles. The van der Waals surface area contributed by atoms with Gasteiger partial charge in [-0.3, -0.25) is 0 Å². The molecule has 0 heterocycles. The standard InChI is InChI=1S/C15H30/c1-3-5-7-9-11-13-15-14-12-10-8-6-4-2/h5,7H,3-4,6,8-15H2,1-2H3/b7-5+. The molecule has 0 amide bonds. The summed E-state index contributed by atoms with van der Waals surface area (Å²) in [7, 11) is 0. The maximum Gasteiger partial charge on any atom is -0.0351 e. The van der Waals surface area contributed by atoms with E-state index in [1.54, 1.807) is 0 Å². The predicted octanol–water partition coefficient (Wildman–Crippen LogP) is 5.87. The van der Waals surface area contributed by atoms with Crippen LogP contribution < -0.4 is 0 Å². The van der Waals surface area contributed by atoms with E-state index in [1.807, 2.05) is 0 Å². The molecule has 0 unspecified atom stereocenters. The lowest BCUT2D eigenvalue weighted by Gasteiger charge is -2.00. The van der Waals surface area contributed by atoms with Crippen molar-refractivity contribution in [3.63, 3.8) is 0 Å². The summed E-state index contributed by atoms with van der Waals surface area (Å²) in [5.74, 6) is 0. The highest BCUT2D eigenvalue weighted by Gasteiger charge is 1.90. The zero-order valence-corrected chi connectivity index (χ0v) is 10.9. The fraction of sp³-hybridized carbons (Fsp3) is 0.867. The first-order chi connectivity index (χ1) is 7.41. The SMILES string of the molecule is CC/C=C/CCCCCCCCCCC. The normalized spacial score (nSPS) is 11.3. The molecule has 0 aromatic rings. The van der Waals surface area contributed by atoms with Crippen molar-refractivity contribution in [2.24, 2.45) is 0 Å². The molecule has 0 saturated carbocycles. The molecular formula is C15H30. The minimum atomic E-state index is 1.19. The van der Waals surface area contributed by atoms with E-state index in [4.69, 9.17) is 0 Å². The first kappa shape index (κ1) is 14.7. The number of rotatable bonds is 11. The van der Waals surface area contributed by atoms with Crippen molar-refractivity contribution in [1.82, 2.24) is 0 Å². The molecule has 0 aliphatic heterocycles. The van der Waals surface area contributed by atoms with Gasteiger partial charge in [0.05, 0.1) is 0 Å². The van der Waals surface area contributed by atoms with E-state index in [-0.39, 0.29) is 0 Å². The van der Waals surface area contributed by atoms with Crippen LogP contribution in [-0.2, 0) is 0 Å². The number of allylic oxidation sites excluding steroid dienone is 2. The third kappa shape index (κ3) is 13.7. The minimum absolute atomic E-state index is 1.19. The quantitative estimate of drug-likeness (QED) is 0.295. The van der Waals surface area contributed by atoms with Crippen molar-refractivity contribution in [1.29, 1.82) is 0 Å². The van der Waals surface area contributed by atoms with Gasteiger partial charge in [0.1, 0.15) is 0 Å². The van der Waals surface area contributed by atoms with Gasteiger partial charge in [-0.1, -0.05) is 77.4 Å². The highest BCUT2D eigenvalue weighted by Crippen LogP contribution is 2.10. The van der Waals surface area contributed by atoms with Crippen LogP contribution in [0.15, 0.2) is 12.2 Å². The van der Waals surface area contributed by atoms with Gasteiger partial charge in [0.2, 0.25) is 0 Å². The van der Waals surface area contributed by atoms with E-state index < -0.39 is 0 Å². The van der Waals surface area contributed by atoms with E-state index in [0.717, 1.165) is 0 Å². The second-order valence-electron chi connectivity index (χ2n) is 4.50. The fourth-order valence-corrected chi connectivity index (χ4v) is 1.86. The zero-order valence-electron chi connectivity index (χ0n) is 10.9. The highest BCUT2D eigenvalue weighted by atomic mass is 14.0. The summed E-state index contributed by atoms with van der Waals surface area (Å²) in [6.07, 6.45) is 20.0. The van der Waals surface area contributed by atoms with Gasteiger partial charge in [-0.05, 0) is 19.3 Å². The Kier molecular flexibility index (Phi) is 13.5. The molecule has 0 nitrogen and oxygen atoms in total. The molecule has 0 bridgehead atoms. The third-order valence-corrected chi connectivity index (χ3v) is 2.88. The van der Waals surface area contributed by atoms with Gasteiger partial charge >= 0.3 is 0 Å². The summed E-state index contributed by atoms with van der Waals surface area (Å²) in [6.45, 7) is 4.48. The van der Waals surface area contributed by atoms with Gasteiger partial charge in [-0.2, -0.15) is 0 Å². The monoisotopic (exact) mass is 210 g/mol. The van der Waals surface area contributed by atoms with Crippen LogP contribution in [0.3, 0.4) is 0 Å². The lowest BCUT2D eigenvalue weighted by Crippen LogP contribution is -1.80. The summed E-state index contributed by atoms with van der Waals surface area (Å²) >= 11 is 0. The molecule has 0 heteroatoms. The second kappa shape index (κ2) is 13.7. The molecule has 0 aromatic carbocycles. The fourth-order valence-electron chi connectivity index (χ4n) is 1.86. The molecular weight excluding hydrogens is 180 g/mol. The van der Waals surface area contributed by atoms with Crippen LogP contribution >= 0.6 is 0 Å². The van der Waals surface area contributed by atoms with Crippen LogP contribution in [0.5, 0.6) is 0 Å². The molecule has 0 rings (SSSR count). The molecule has 0 N–H and O–H groups in total. The summed E-state index contributed by atoms with van der Waals surface area (Å²) in [5.41, 5.74) is 0. The van der Waals surface area contributed by atoms with Crippen molar-refractivity contribution in [2.45, 2.75) is 84.5 Å². The van der Waals surface area contributed by atoms with Crippen molar-refractivity contribution >= 4 is 0 Å². The molecule has 0 radical (unpaired) electrons. The molecule has 0 saturated heterocycles. The Hall–Kier alpha value is -0.260. The molecule has 0 atom stereocenters. The molecule has 0 spiro atoms. The van der Waals surface area contributed by atoms with Crippen molar-refractivity contribution in [3.8, 4) is 0 Å². The largest absolute Gasteiger partial charge is 0.0888 e. The summed E-state index contributed by atoms with van der Waals surface area (Å²) in [6, 6.07) is 0. The lowest BCUT2D eigenvalue weighted by atomic mass is 10.1. The van der Waals surface area contributed by atoms with E-state index in [0.29, 0.717) is 0 Å². The maximum absolute atomic E-state index is 2.33.